The molecule has 25 heavy (non-hydrogen) atoms. The third-order valence-corrected chi connectivity index (χ3v) is 4.95. The molecule has 1 fully saturated rings. The van der Waals surface area contributed by atoms with Gasteiger partial charge in [0.05, 0.1) is 17.4 Å². The Kier molecular flexibility index (Phi) is 4.65. The summed E-state index contributed by atoms with van der Waals surface area (Å²) in [7, 11) is 0. The van der Waals surface area contributed by atoms with Crippen molar-refractivity contribution in [3.05, 3.63) is 48.0 Å². The Labute approximate surface area is 147 Å². The molecule has 2 aromatic rings. The summed E-state index contributed by atoms with van der Waals surface area (Å²) in [4.78, 5) is 21.0. The fourth-order valence-corrected chi connectivity index (χ4v) is 3.69. The number of likely N-dealkylation sites (tertiary alicyclic amines) is 1. The van der Waals surface area contributed by atoms with Crippen LogP contribution in [0.3, 0.4) is 0 Å². The van der Waals surface area contributed by atoms with E-state index in [0.29, 0.717) is 6.54 Å². The van der Waals surface area contributed by atoms with Crippen LogP contribution in [-0.4, -0.2) is 56.8 Å². The topological polar surface area (TPSA) is 66.3 Å². The highest BCUT2D eigenvalue weighted by atomic mass is 16.2. The zero-order chi connectivity index (χ0) is 17.1. The lowest BCUT2D eigenvalue weighted by atomic mass is 10.1. The summed E-state index contributed by atoms with van der Waals surface area (Å²) in [5.74, 6) is 0. The van der Waals surface area contributed by atoms with Crippen LogP contribution in [0.2, 0.25) is 0 Å². The van der Waals surface area contributed by atoms with E-state index in [9.17, 15) is 4.79 Å². The summed E-state index contributed by atoms with van der Waals surface area (Å²) in [6.45, 7) is 4.86. The Hall–Kier alpha value is -2.41. The molecule has 2 aliphatic heterocycles. The minimum absolute atomic E-state index is 0.0491. The number of amides is 2. The average molecular weight is 340 g/mol. The third-order valence-electron chi connectivity index (χ3n) is 4.95. The minimum atomic E-state index is 0.0491. The lowest BCUT2D eigenvalue weighted by Crippen LogP contribution is -2.45. The summed E-state index contributed by atoms with van der Waals surface area (Å²) in [6, 6.07) is 8.26. The molecule has 2 aliphatic rings. The quantitative estimate of drug-likeness (QED) is 0.919. The average Bonchev–Trinajstić information content (AvgIpc) is 3.32. The number of hydrogen-bond acceptors (Lipinski definition) is 4. The molecule has 7 nitrogen and oxygen atoms in total. The van der Waals surface area contributed by atoms with Gasteiger partial charge in [0.1, 0.15) is 0 Å². The number of hydrogen-bond donors (Lipinski definition) is 1. The molecule has 1 atom stereocenters. The Balaban J connectivity index is 1.41. The molecule has 0 bridgehead atoms. The van der Waals surface area contributed by atoms with Gasteiger partial charge in [0.15, 0.2) is 0 Å². The fourth-order valence-electron chi connectivity index (χ4n) is 3.69. The zero-order valence-electron chi connectivity index (χ0n) is 14.3. The fraction of sp³-hybridized carbons (Fsp3) is 0.500. The summed E-state index contributed by atoms with van der Waals surface area (Å²) < 4.78 is 2.05. The van der Waals surface area contributed by atoms with Crippen molar-refractivity contribution in [3.8, 4) is 0 Å². The molecular weight excluding hydrogens is 316 g/mol. The Morgan fingerprint density at radius 3 is 2.88 bits per heavy atom. The molecule has 1 N–H and O–H groups in total. The SMILES string of the molecule is O=C(NC[C@@H]1CN(Cc2ccccn2)Cc2ccnn21)N1CCCC1. The lowest BCUT2D eigenvalue weighted by molar-refractivity contribution is 0.159. The van der Waals surface area contributed by atoms with Gasteiger partial charge < -0.3 is 10.2 Å². The maximum atomic E-state index is 12.3. The van der Waals surface area contributed by atoms with E-state index >= 15 is 0 Å². The van der Waals surface area contributed by atoms with Crippen molar-refractivity contribution in [2.24, 2.45) is 0 Å². The zero-order valence-corrected chi connectivity index (χ0v) is 14.3. The predicted molar refractivity (Wildman–Crippen MR) is 93.8 cm³/mol. The van der Waals surface area contributed by atoms with E-state index in [0.717, 1.165) is 51.3 Å². The van der Waals surface area contributed by atoms with Crippen LogP contribution in [0.5, 0.6) is 0 Å². The van der Waals surface area contributed by atoms with Crippen molar-refractivity contribution in [3.63, 3.8) is 0 Å². The van der Waals surface area contributed by atoms with E-state index < -0.39 is 0 Å². The van der Waals surface area contributed by atoms with Gasteiger partial charge in [-0.2, -0.15) is 5.10 Å². The molecule has 4 heterocycles. The smallest absolute Gasteiger partial charge is 0.317 e. The second-order valence-corrected chi connectivity index (χ2v) is 6.79. The van der Waals surface area contributed by atoms with E-state index in [2.05, 4.69) is 37.1 Å². The molecule has 0 radical (unpaired) electrons. The molecule has 7 heteroatoms. The molecule has 0 unspecified atom stereocenters. The number of nitrogens with one attached hydrogen (secondary N) is 1. The first-order valence-corrected chi connectivity index (χ1v) is 8.97. The van der Waals surface area contributed by atoms with Crippen LogP contribution < -0.4 is 5.32 Å². The molecule has 0 spiro atoms. The van der Waals surface area contributed by atoms with Crippen LogP contribution in [0.15, 0.2) is 36.7 Å². The molecule has 4 rings (SSSR count). The van der Waals surface area contributed by atoms with Crippen molar-refractivity contribution in [2.75, 3.05) is 26.2 Å². The second kappa shape index (κ2) is 7.23. The van der Waals surface area contributed by atoms with Gasteiger partial charge in [0.25, 0.3) is 0 Å². The highest BCUT2D eigenvalue weighted by molar-refractivity contribution is 5.74. The van der Waals surface area contributed by atoms with E-state index in [-0.39, 0.29) is 12.1 Å². The van der Waals surface area contributed by atoms with E-state index in [4.69, 9.17) is 0 Å². The number of nitrogens with zero attached hydrogens (tertiary/aromatic N) is 5. The minimum Gasteiger partial charge on any atom is -0.336 e. The van der Waals surface area contributed by atoms with Crippen LogP contribution in [0.4, 0.5) is 4.79 Å². The third kappa shape index (κ3) is 3.66. The van der Waals surface area contributed by atoms with Crippen molar-refractivity contribution in [1.82, 2.24) is 29.9 Å². The Morgan fingerprint density at radius 1 is 1.20 bits per heavy atom. The predicted octanol–water partition coefficient (Wildman–Crippen LogP) is 1.64. The summed E-state index contributed by atoms with van der Waals surface area (Å²) in [6.07, 6.45) is 5.89. The number of aromatic nitrogens is 3. The first-order valence-electron chi connectivity index (χ1n) is 8.97. The maximum Gasteiger partial charge on any atom is 0.317 e. The molecular formula is C18H24N6O. The molecule has 132 valence electrons. The highest BCUT2D eigenvalue weighted by Gasteiger charge is 2.27. The number of carbonyl (C=O) groups is 1. The van der Waals surface area contributed by atoms with Crippen molar-refractivity contribution in [2.45, 2.75) is 32.0 Å². The van der Waals surface area contributed by atoms with Crippen LogP contribution >= 0.6 is 0 Å². The highest BCUT2D eigenvalue weighted by Crippen LogP contribution is 2.21. The molecule has 2 aromatic heterocycles. The van der Waals surface area contributed by atoms with Crippen molar-refractivity contribution in [1.29, 1.82) is 0 Å². The molecule has 0 aliphatic carbocycles. The molecule has 2 amide bonds. The second-order valence-electron chi connectivity index (χ2n) is 6.79. The largest absolute Gasteiger partial charge is 0.336 e. The van der Waals surface area contributed by atoms with Gasteiger partial charge in [0, 0.05) is 51.7 Å². The van der Waals surface area contributed by atoms with Crippen LogP contribution in [0, 0.1) is 0 Å². The van der Waals surface area contributed by atoms with Gasteiger partial charge in [-0.3, -0.25) is 14.6 Å². The number of pyridine rings is 1. The molecule has 0 saturated carbocycles. The first-order chi connectivity index (χ1) is 12.3. The van der Waals surface area contributed by atoms with Crippen molar-refractivity contribution < 1.29 is 4.79 Å². The number of rotatable bonds is 4. The molecule has 0 aromatic carbocycles. The van der Waals surface area contributed by atoms with E-state index in [1.807, 2.05) is 29.4 Å². The number of carbonyl (C=O) groups excluding carboxylic acids is 1. The summed E-state index contributed by atoms with van der Waals surface area (Å²) in [5.41, 5.74) is 2.25. The number of fused-ring (bicyclic) bond motifs is 1. The standard InChI is InChI=1S/C18H24N6O/c25-18(23-9-3-4-10-23)20-11-17-14-22(12-15-5-1-2-7-19-15)13-16-6-8-21-24(16)17/h1-2,5-8,17H,3-4,9-14H2,(H,20,25)/t17-/m1/s1. The lowest BCUT2D eigenvalue weighted by Gasteiger charge is -2.34. The Bertz CT molecular complexity index is 709. The van der Waals surface area contributed by atoms with Gasteiger partial charge in [-0.15, -0.1) is 0 Å². The van der Waals surface area contributed by atoms with Crippen LogP contribution in [0.25, 0.3) is 0 Å². The van der Waals surface area contributed by atoms with Crippen LogP contribution in [-0.2, 0) is 13.1 Å². The van der Waals surface area contributed by atoms with Gasteiger partial charge >= 0.3 is 6.03 Å². The van der Waals surface area contributed by atoms with Crippen LogP contribution in [0.1, 0.15) is 30.3 Å². The summed E-state index contributed by atoms with van der Waals surface area (Å²) >= 11 is 0. The summed E-state index contributed by atoms with van der Waals surface area (Å²) in [5, 5.41) is 7.56. The normalized spacial score (nSPS) is 20.5. The van der Waals surface area contributed by atoms with Gasteiger partial charge in [-0.25, -0.2) is 4.79 Å². The van der Waals surface area contributed by atoms with Crippen molar-refractivity contribution >= 4 is 6.03 Å². The monoisotopic (exact) mass is 340 g/mol. The number of urea groups is 1. The first kappa shape index (κ1) is 16.1. The Morgan fingerprint density at radius 2 is 2.08 bits per heavy atom. The van der Waals surface area contributed by atoms with E-state index in [1.54, 1.807) is 0 Å². The maximum absolute atomic E-state index is 12.3. The molecule has 1 saturated heterocycles. The van der Waals surface area contributed by atoms with Gasteiger partial charge in [0.2, 0.25) is 0 Å². The van der Waals surface area contributed by atoms with Gasteiger partial charge in [-0.05, 0) is 31.0 Å². The van der Waals surface area contributed by atoms with E-state index in [1.165, 1.54) is 5.69 Å². The van der Waals surface area contributed by atoms with Gasteiger partial charge in [-0.1, -0.05) is 6.07 Å².